The van der Waals surface area contributed by atoms with Crippen LogP contribution in [-0.4, -0.2) is 55.9 Å². The highest BCUT2D eigenvalue weighted by atomic mass is 16.2. The second-order valence-electron chi connectivity index (χ2n) is 10.5. The van der Waals surface area contributed by atoms with Gasteiger partial charge in [0.15, 0.2) is 5.65 Å². The van der Waals surface area contributed by atoms with Crippen LogP contribution in [0.5, 0.6) is 0 Å². The fourth-order valence-corrected chi connectivity index (χ4v) is 5.88. The van der Waals surface area contributed by atoms with Gasteiger partial charge in [-0.15, -0.1) is 0 Å². The van der Waals surface area contributed by atoms with Crippen LogP contribution in [0.25, 0.3) is 16.8 Å². The number of anilines is 1. The third-order valence-electron chi connectivity index (χ3n) is 7.93. The molecule has 2 fully saturated rings. The van der Waals surface area contributed by atoms with Crippen molar-refractivity contribution in [2.75, 3.05) is 24.5 Å². The lowest BCUT2D eigenvalue weighted by Crippen LogP contribution is -2.39. The maximum Gasteiger partial charge on any atom is 0.273 e. The Balaban J connectivity index is 1.17. The lowest BCUT2D eigenvalue weighted by Gasteiger charge is -2.34. The lowest BCUT2D eigenvalue weighted by molar-refractivity contribution is 0.0599. The number of carbonyl (C=O) groups is 1. The van der Waals surface area contributed by atoms with E-state index in [4.69, 9.17) is 10.1 Å². The Labute approximate surface area is 221 Å². The molecule has 4 aromatic rings. The fraction of sp³-hybridized carbons (Fsp3) is 0.333. The molecule has 7 rings (SSSR count). The minimum Gasteiger partial charge on any atom is -0.356 e. The van der Waals surface area contributed by atoms with Crippen LogP contribution in [0.3, 0.4) is 0 Å². The van der Waals surface area contributed by atoms with Crippen LogP contribution in [0.1, 0.15) is 53.5 Å². The highest BCUT2D eigenvalue weighted by molar-refractivity contribution is 5.94. The van der Waals surface area contributed by atoms with E-state index < -0.39 is 0 Å². The normalized spacial score (nSPS) is 20.7. The number of hydrogen-bond donors (Lipinski definition) is 0. The second kappa shape index (κ2) is 9.23. The molecule has 0 spiro atoms. The van der Waals surface area contributed by atoms with E-state index in [0.29, 0.717) is 18.2 Å². The number of carbonyl (C=O) groups excluding carboxylic acids is 1. The Hall–Kier alpha value is -4.29. The van der Waals surface area contributed by atoms with E-state index in [2.05, 4.69) is 33.9 Å². The van der Waals surface area contributed by atoms with Crippen molar-refractivity contribution >= 4 is 23.2 Å². The van der Waals surface area contributed by atoms with Crippen molar-refractivity contribution in [3.05, 3.63) is 83.6 Å². The van der Waals surface area contributed by atoms with Gasteiger partial charge in [0.2, 0.25) is 0 Å². The number of nitrogens with zero attached hydrogens (tertiary/aromatic N) is 7. The van der Waals surface area contributed by atoms with Crippen LogP contribution < -0.4 is 4.90 Å². The van der Waals surface area contributed by atoms with Gasteiger partial charge in [0.05, 0.1) is 11.7 Å². The van der Waals surface area contributed by atoms with Crippen molar-refractivity contribution < 1.29 is 4.79 Å². The molecule has 2 atom stereocenters. The first-order chi connectivity index (χ1) is 18.6. The molecule has 6 heterocycles. The molecular formula is C30H29N7O. The van der Waals surface area contributed by atoms with Gasteiger partial charge in [-0.2, -0.15) is 10.1 Å². The highest BCUT2D eigenvalue weighted by Gasteiger charge is 2.33. The smallest absolute Gasteiger partial charge is 0.273 e. The van der Waals surface area contributed by atoms with Crippen molar-refractivity contribution in [1.82, 2.24) is 24.5 Å². The number of rotatable bonds is 5. The summed E-state index contributed by atoms with van der Waals surface area (Å²) in [6.45, 7) is 4.68. The van der Waals surface area contributed by atoms with E-state index in [1.165, 1.54) is 0 Å². The van der Waals surface area contributed by atoms with E-state index in [1.54, 1.807) is 6.20 Å². The quantitative estimate of drug-likeness (QED) is 0.389. The monoisotopic (exact) mass is 503 g/mol. The number of piperidine rings is 1. The molecule has 190 valence electrons. The summed E-state index contributed by atoms with van der Waals surface area (Å²) in [6, 6.07) is 15.9. The van der Waals surface area contributed by atoms with Crippen molar-refractivity contribution in [3.8, 4) is 11.1 Å². The van der Waals surface area contributed by atoms with Crippen LogP contribution >= 0.6 is 0 Å². The molecule has 1 aromatic carbocycles. The molecule has 3 aliphatic heterocycles. The van der Waals surface area contributed by atoms with Crippen molar-refractivity contribution in [2.24, 2.45) is 10.9 Å². The van der Waals surface area contributed by atoms with Crippen LogP contribution in [0.2, 0.25) is 0 Å². The molecular weight excluding hydrogens is 474 g/mol. The number of aliphatic imine (C=N–C) groups is 1. The number of fused-ring (bicyclic) bond motifs is 1. The zero-order valence-electron chi connectivity index (χ0n) is 21.4. The van der Waals surface area contributed by atoms with Gasteiger partial charge in [0.25, 0.3) is 5.91 Å². The molecule has 3 aliphatic rings. The standard InChI is InChI=1S/C30H29N7O/c1-20-18-37-28(33-29(20)35-14-11-23(19-35)26-17-32-26)16-24(34-37)27-9-5-6-13-36(27)30(38)25-15-22(10-12-31-25)21-7-3-2-4-8-21/h2-4,7-8,10,12,15-16,18,23,27H,5-6,9,11,13-14,19H2,1H3/t23?,27-/m0/s1. The number of aromatic nitrogens is 4. The zero-order valence-corrected chi connectivity index (χ0v) is 21.4. The molecule has 1 unspecified atom stereocenters. The molecule has 1 amide bonds. The summed E-state index contributed by atoms with van der Waals surface area (Å²) in [5.74, 6) is 4.43. The van der Waals surface area contributed by atoms with Crippen LogP contribution in [-0.2, 0) is 0 Å². The van der Waals surface area contributed by atoms with E-state index in [-0.39, 0.29) is 11.9 Å². The average molecular weight is 504 g/mol. The van der Waals surface area contributed by atoms with E-state index in [9.17, 15) is 4.79 Å². The van der Waals surface area contributed by atoms with Gasteiger partial charge in [-0.1, -0.05) is 30.3 Å². The van der Waals surface area contributed by atoms with Crippen molar-refractivity contribution in [2.45, 2.75) is 38.6 Å². The van der Waals surface area contributed by atoms with Crippen molar-refractivity contribution in [1.29, 1.82) is 0 Å². The third kappa shape index (κ3) is 4.17. The summed E-state index contributed by atoms with van der Waals surface area (Å²) in [4.78, 5) is 31.7. The predicted molar refractivity (Wildman–Crippen MR) is 146 cm³/mol. The molecule has 8 nitrogen and oxygen atoms in total. The SMILES string of the molecule is Cc1cn2nc([C@@H]3CCCCN3C(=O)c3cc(-c4ccccc4)ccn3)cc2nc1N1CCC(C2=C=N2)C1. The summed E-state index contributed by atoms with van der Waals surface area (Å²) in [7, 11) is 0. The Bertz CT molecular complexity index is 1600. The van der Waals surface area contributed by atoms with E-state index >= 15 is 0 Å². The lowest BCUT2D eigenvalue weighted by atomic mass is 9.98. The van der Waals surface area contributed by atoms with Crippen molar-refractivity contribution in [3.63, 3.8) is 0 Å². The van der Waals surface area contributed by atoms with Gasteiger partial charge in [-0.3, -0.25) is 9.78 Å². The van der Waals surface area contributed by atoms with Crippen LogP contribution in [0.15, 0.2) is 71.6 Å². The first-order valence-electron chi connectivity index (χ1n) is 13.4. The minimum atomic E-state index is -0.0981. The number of aryl methyl sites for hydroxylation is 1. The molecule has 3 aromatic heterocycles. The topological polar surface area (TPSA) is 79.0 Å². The van der Waals surface area contributed by atoms with Crippen LogP contribution in [0.4, 0.5) is 5.82 Å². The fourth-order valence-electron chi connectivity index (χ4n) is 5.88. The number of amides is 1. The molecule has 0 aliphatic carbocycles. The summed E-state index contributed by atoms with van der Waals surface area (Å²) in [6.07, 6.45) is 7.78. The molecule has 0 radical (unpaired) electrons. The largest absolute Gasteiger partial charge is 0.356 e. The van der Waals surface area contributed by atoms with Gasteiger partial charge in [-0.05, 0) is 55.9 Å². The van der Waals surface area contributed by atoms with Gasteiger partial charge in [0.1, 0.15) is 17.2 Å². The molecule has 0 N–H and O–H groups in total. The average Bonchev–Trinajstić information content (AvgIpc) is 3.55. The Kier molecular flexibility index (Phi) is 5.55. The maximum atomic E-state index is 13.7. The molecule has 38 heavy (non-hydrogen) atoms. The molecule has 8 heteroatoms. The number of hydrogen-bond acceptors (Lipinski definition) is 6. The second-order valence-corrected chi connectivity index (χ2v) is 10.5. The first kappa shape index (κ1) is 22.9. The Morgan fingerprint density at radius 1 is 1.03 bits per heavy atom. The zero-order chi connectivity index (χ0) is 25.6. The first-order valence-corrected chi connectivity index (χ1v) is 13.4. The number of pyridine rings is 1. The molecule has 2 saturated heterocycles. The summed E-state index contributed by atoms with van der Waals surface area (Å²) in [5.41, 5.74) is 6.44. The van der Waals surface area contributed by atoms with Gasteiger partial charge in [-0.25, -0.2) is 9.50 Å². The number of benzene rings is 1. The minimum absolute atomic E-state index is 0.0472. The summed E-state index contributed by atoms with van der Waals surface area (Å²) < 4.78 is 1.86. The van der Waals surface area contributed by atoms with Gasteiger partial charge < -0.3 is 9.80 Å². The maximum absolute atomic E-state index is 13.7. The van der Waals surface area contributed by atoms with E-state index in [1.807, 2.05) is 57.9 Å². The van der Waals surface area contributed by atoms with Gasteiger partial charge >= 0.3 is 0 Å². The van der Waals surface area contributed by atoms with E-state index in [0.717, 1.165) is 78.3 Å². The highest BCUT2D eigenvalue weighted by Crippen LogP contribution is 2.34. The Morgan fingerprint density at radius 2 is 1.89 bits per heavy atom. The molecule has 0 saturated carbocycles. The van der Waals surface area contributed by atoms with Gasteiger partial charge in [0, 0.05) is 55.4 Å². The Morgan fingerprint density at radius 3 is 2.74 bits per heavy atom. The summed E-state index contributed by atoms with van der Waals surface area (Å²) in [5, 5.41) is 4.90. The summed E-state index contributed by atoms with van der Waals surface area (Å²) >= 11 is 0. The number of likely N-dealkylation sites (tertiary alicyclic amines) is 1. The third-order valence-corrected chi connectivity index (χ3v) is 7.93. The van der Waals surface area contributed by atoms with Crippen LogP contribution in [0, 0.1) is 12.8 Å². The molecule has 0 bridgehead atoms. The predicted octanol–water partition coefficient (Wildman–Crippen LogP) is 4.86.